The van der Waals surface area contributed by atoms with Crippen LogP contribution in [0.25, 0.3) is 0 Å². The van der Waals surface area contributed by atoms with Gasteiger partial charge in [-0.05, 0) is 44.9 Å². The van der Waals surface area contributed by atoms with Crippen molar-refractivity contribution in [3.05, 3.63) is 29.8 Å². The van der Waals surface area contributed by atoms with Gasteiger partial charge in [0.1, 0.15) is 0 Å². The maximum atomic E-state index is 11.7. The Morgan fingerprint density at radius 3 is 2.06 bits per heavy atom. The van der Waals surface area contributed by atoms with Crippen LogP contribution >= 0.6 is 7.14 Å². The minimum Gasteiger partial charge on any atom is -0.372 e. The van der Waals surface area contributed by atoms with E-state index < -0.39 is 7.14 Å². The zero-order chi connectivity index (χ0) is 12.3. The molecule has 90 valence electrons. The van der Waals surface area contributed by atoms with Crippen LogP contribution in [0.2, 0.25) is 0 Å². The molecule has 0 amide bonds. The minimum atomic E-state index is -1.96. The van der Waals surface area contributed by atoms with Crippen molar-refractivity contribution in [3.8, 4) is 0 Å². The smallest absolute Gasteiger partial charge is 0.0861 e. The first kappa shape index (κ1) is 13.3. The van der Waals surface area contributed by atoms with E-state index in [-0.39, 0.29) is 0 Å². The van der Waals surface area contributed by atoms with Crippen LogP contribution in [0.4, 0.5) is 5.69 Å². The van der Waals surface area contributed by atoms with Gasteiger partial charge in [0.15, 0.2) is 0 Å². The number of hydrogen-bond acceptors (Lipinski definition) is 2. The lowest BCUT2D eigenvalue weighted by atomic mass is 10.2. The van der Waals surface area contributed by atoms with Gasteiger partial charge in [-0.25, -0.2) is 0 Å². The molecule has 0 saturated heterocycles. The first-order chi connectivity index (χ1) is 7.29. The minimum absolute atomic E-state index is 0.495. The second-order valence-electron chi connectivity index (χ2n) is 5.10. The molecule has 0 saturated carbocycles. The average Bonchev–Trinajstić information content (AvgIpc) is 2.15. The predicted molar refractivity (Wildman–Crippen MR) is 73.1 cm³/mol. The maximum Gasteiger partial charge on any atom is 0.0861 e. The van der Waals surface area contributed by atoms with E-state index in [0.29, 0.717) is 12.2 Å². The summed E-state index contributed by atoms with van der Waals surface area (Å²) in [6.07, 6.45) is 0.693. The highest BCUT2D eigenvalue weighted by Gasteiger charge is 2.09. The third-order valence-electron chi connectivity index (χ3n) is 2.68. The van der Waals surface area contributed by atoms with Gasteiger partial charge >= 0.3 is 0 Å². The fraction of sp³-hybridized carbons (Fsp3) is 0.538. The number of anilines is 1. The molecule has 3 heteroatoms. The lowest BCUT2D eigenvalue weighted by Gasteiger charge is -2.24. The molecule has 0 aliphatic heterocycles. The van der Waals surface area contributed by atoms with Gasteiger partial charge in [0.05, 0.1) is 7.14 Å². The third kappa shape index (κ3) is 4.02. The summed E-state index contributed by atoms with van der Waals surface area (Å²) >= 11 is 0. The molecule has 0 heterocycles. The number of rotatable bonds is 4. The molecular weight excluding hydrogens is 217 g/mol. The van der Waals surface area contributed by atoms with E-state index in [0.717, 1.165) is 5.56 Å². The summed E-state index contributed by atoms with van der Waals surface area (Å²) in [6, 6.07) is 8.85. The fourth-order valence-electron chi connectivity index (χ4n) is 1.57. The molecule has 2 nitrogen and oxygen atoms in total. The second kappa shape index (κ2) is 5.05. The SMILES string of the molecule is CC(C)N(C)c1ccc(CP(C)(C)=O)cc1. The van der Waals surface area contributed by atoms with Crippen molar-refractivity contribution in [2.75, 3.05) is 25.3 Å². The number of hydrogen-bond donors (Lipinski definition) is 0. The van der Waals surface area contributed by atoms with E-state index in [9.17, 15) is 4.57 Å². The van der Waals surface area contributed by atoms with Crippen molar-refractivity contribution in [1.82, 2.24) is 0 Å². The van der Waals surface area contributed by atoms with E-state index >= 15 is 0 Å². The summed E-state index contributed by atoms with van der Waals surface area (Å²) in [4.78, 5) is 2.22. The van der Waals surface area contributed by atoms with Gasteiger partial charge in [-0.15, -0.1) is 0 Å². The molecule has 1 rings (SSSR count). The normalized spacial score (nSPS) is 11.9. The Kier molecular flexibility index (Phi) is 4.21. The molecule has 0 N–H and O–H groups in total. The lowest BCUT2D eigenvalue weighted by molar-refractivity contribution is 0.582. The molecule has 0 atom stereocenters. The molecule has 0 spiro atoms. The highest BCUT2D eigenvalue weighted by molar-refractivity contribution is 7.61. The summed E-state index contributed by atoms with van der Waals surface area (Å²) in [5, 5.41) is 0. The van der Waals surface area contributed by atoms with Gasteiger partial charge in [-0.1, -0.05) is 12.1 Å². The summed E-state index contributed by atoms with van der Waals surface area (Å²) in [5.74, 6) is 0. The van der Waals surface area contributed by atoms with Gasteiger partial charge < -0.3 is 9.46 Å². The molecule has 0 bridgehead atoms. The van der Waals surface area contributed by atoms with Crippen LogP contribution in [-0.4, -0.2) is 26.4 Å². The van der Waals surface area contributed by atoms with Gasteiger partial charge in [0.25, 0.3) is 0 Å². The van der Waals surface area contributed by atoms with Crippen LogP contribution in [0.1, 0.15) is 19.4 Å². The molecule has 0 radical (unpaired) electrons. The van der Waals surface area contributed by atoms with Gasteiger partial charge in [0.2, 0.25) is 0 Å². The molecular formula is C13H22NOP. The van der Waals surface area contributed by atoms with E-state index in [1.165, 1.54) is 5.69 Å². The zero-order valence-corrected chi connectivity index (χ0v) is 11.8. The van der Waals surface area contributed by atoms with Crippen LogP contribution in [-0.2, 0) is 10.7 Å². The monoisotopic (exact) mass is 239 g/mol. The van der Waals surface area contributed by atoms with Crippen molar-refractivity contribution in [2.45, 2.75) is 26.1 Å². The number of benzene rings is 1. The van der Waals surface area contributed by atoms with Crippen molar-refractivity contribution in [3.63, 3.8) is 0 Å². The highest BCUT2D eigenvalue weighted by atomic mass is 31.2. The van der Waals surface area contributed by atoms with Gasteiger partial charge in [0, 0.05) is 24.9 Å². The molecule has 16 heavy (non-hydrogen) atoms. The zero-order valence-electron chi connectivity index (χ0n) is 10.9. The highest BCUT2D eigenvalue weighted by Crippen LogP contribution is 2.40. The Balaban J connectivity index is 2.79. The molecule has 0 aliphatic rings. The van der Waals surface area contributed by atoms with Crippen LogP contribution < -0.4 is 4.90 Å². The predicted octanol–water partition coefficient (Wildman–Crippen LogP) is 3.65. The summed E-state index contributed by atoms with van der Waals surface area (Å²) in [7, 11) is 0.128. The fourth-order valence-corrected chi connectivity index (χ4v) is 2.66. The topological polar surface area (TPSA) is 20.3 Å². The Morgan fingerprint density at radius 2 is 1.69 bits per heavy atom. The van der Waals surface area contributed by atoms with Crippen LogP contribution in [0, 0.1) is 0 Å². The van der Waals surface area contributed by atoms with Crippen molar-refractivity contribution in [1.29, 1.82) is 0 Å². The van der Waals surface area contributed by atoms with Crippen LogP contribution in [0.3, 0.4) is 0 Å². The van der Waals surface area contributed by atoms with E-state index in [4.69, 9.17) is 0 Å². The Labute approximate surface area is 99.0 Å². The summed E-state index contributed by atoms with van der Waals surface area (Å²) < 4.78 is 11.7. The molecule has 0 aliphatic carbocycles. The largest absolute Gasteiger partial charge is 0.372 e. The molecule has 1 aromatic carbocycles. The molecule has 0 fully saturated rings. The molecule has 1 aromatic rings. The lowest BCUT2D eigenvalue weighted by Crippen LogP contribution is -2.25. The Bertz CT molecular complexity index is 377. The average molecular weight is 239 g/mol. The van der Waals surface area contributed by atoms with Crippen LogP contribution in [0.15, 0.2) is 24.3 Å². The second-order valence-corrected chi connectivity index (χ2v) is 8.57. The van der Waals surface area contributed by atoms with E-state index in [1.807, 2.05) is 13.3 Å². The molecule has 0 unspecified atom stereocenters. The number of nitrogens with zero attached hydrogens (tertiary/aromatic N) is 1. The third-order valence-corrected chi connectivity index (χ3v) is 3.81. The first-order valence-electron chi connectivity index (χ1n) is 5.65. The van der Waals surface area contributed by atoms with Crippen LogP contribution in [0.5, 0.6) is 0 Å². The summed E-state index contributed by atoms with van der Waals surface area (Å²) in [6.45, 7) is 8.00. The quantitative estimate of drug-likeness (QED) is 0.747. The van der Waals surface area contributed by atoms with E-state index in [2.05, 4.69) is 50.1 Å². The summed E-state index contributed by atoms with van der Waals surface area (Å²) in [5.41, 5.74) is 2.37. The van der Waals surface area contributed by atoms with Gasteiger partial charge in [-0.2, -0.15) is 0 Å². The van der Waals surface area contributed by atoms with Gasteiger partial charge in [-0.3, -0.25) is 0 Å². The Hall–Kier alpha value is -0.750. The van der Waals surface area contributed by atoms with Crippen molar-refractivity contribution >= 4 is 12.8 Å². The first-order valence-corrected chi connectivity index (χ1v) is 8.44. The standard InChI is InChI=1S/C13H22NOP/c1-11(2)14(3)13-8-6-12(7-9-13)10-16(4,5)15/h6-9,11H,10H2,1-5H3. The van der Waals surface area contributed by atoms with Crippen molar-refractivity contribution < 1.29 is 4.57 Å². The maximum absolute atomic E-state index is 11.7. The van der Waals surface area contributed by atoms with Crippen molar-refractivity contribution in [2.24, 2.45) is 0 Å². The molecule has 0 aromatic heterocycles. The Morgan fingerprint density at radius 1 is 1.19 bits per heavy atom. The van der Waals surface area contributed by atoms with E-state index in [1.54, 1.807) is 0 Å².